The van der Waals surface area contributed by atoms with Gasteiger partial charge < -0.3 is 5.11 Å². The molecule has 0 aliphatic rings. The summed E-state index contributed by atoms with van der Waals surface area (Å²) >= 11 is 0. The lowest BCUT2D eigenvalue weighted by molar-refractivity contribution is -0.140. The average molecular weight is 285 g/mol. The van der Waals surface area contributed by atoms with E-state index in [4.69, 9.17) is 10.4 Å². The maximum absolute atomic E-state index is 13.7. The summed E-state index contributed by atoms with van der Waals surface area (Å²) in [5.74, 6) is -4.36. The molecule has 1 aromatic rings. The summed E-state index contributed by atoms with van der Waals surface area (Å²) in [6.07, 6.45) is 0. The lowest BCUT2D eigenvalue weighted by Crippen LogP contribution is -2.22. The number of sulfone groups is 1. The molecule has 0 aliphatic carbocycles. The molecule has 0 aromatic heterocycles. The van der Waals surface area contributed by atoms with Crippen LogP contribution in [0.25, 0.3) is 0 Å². The van der Waals surface area contributed by atoms with Crippen molar-refractivity contribution in [3.8, 4) is 6.07 Å². The number of carboxylic acids is 1. The molecular weight excluding hydrogens is 273 g/mol. The molecule has 1 aromatic carbocycles. The van der Waals surface area contributed by atoms with Gasteiger partial charge in [0.2, 0.25) is 0 Å². The fraction of sp³-hybridized carbons (Fsp3) is 0.333. The van der Waals surface area contributed by atoms with Crippen LogP contribution in [0.2, 0.25) is 0 Å². The van der Waals surface area contributed by atoms with Crippen molar-refractivity contribution in [2.75, 3.05) is 5.75 Å². The molecule has 0 amide bonds. The minimum Gasteiger partial charge on any atom is -0.481 e. The fourth-order valence-corrected chi connectivity index (χ4v) is 3.24. The van der Waals surface area contributed by atoms with Crippen molar-refractivity contribution >= 4 is 15.8 Å². The van der Waals surface area contributed by atoms with Crippen LogP contribution in [-0.4, -0.2) is 25.2 Å². The highest BCUT2D eigenvalue weighted by atomic mass is 32.2. The number of nitrogens with zero attached hydrogens (tertiary/aromatic N) is 1. The first-order valence-electron chi connectivity index (χ1n) is 5.37. The Bertz CT molecular complexity index is 634. The Hall–Kier alpha value is -1.94. The van der Waals surface area contributed by atoms with Crippen LogP contribution in [0.15, 0.2) is 18.2 Å². The van der Waals surface area contributed by atoms with Gasteiger partial charge in [0.1, 0.15) is 11.9 Å². The van der Waals surface area contributed by atoms with Gasteiger partial charge in [-0.15, -0.1) is 0 Å². The number of hydrogen-bond acceptors (Lipinski definition) is 4. The maximum atomic E-state index is 13.7. The van der Waals surface area contributed by atoms with Crippen LogP contribution in [0.5, 0.6) is 0 Å². The van der Waals surface area contributed by atoms with E-state index in [0.29, 0.717) is 0 Å². The van der Waals surface area contributed by atoms with Crippen molar-refractivity contribution in [2.24, 2.45) is 5.92 Å². The molecule has 0 heterocycles. The van der Waals surface area contributed by atoms with E-state index in [9.17, 15) is 17.6 Å². The highest BCUT2D eigenvalue weighted by molar-refractivity contribution is 7.90. The van der Waals surface area contributed by atoms with Gasteiger partial charge in [0.25, 0.3) is 0 Å². The van der Waals surface area contributed by atoms with Gasteiger partial charge in [-0.25, -0.2) is 12.8 Å². The van der Waals surface area contributed by atoms with Gasteiger partial charge in [-0.05, 0) is 6.07 Å². The molecule has 0 radical (unpaired) electrons. The summed E-state index contributed by atoms with van der Waals surface area (Å²) in [6, 6.07) is 5.50. The standard InChI is InChI=1S/C12H12FNO4S/c1-8(12(15)16)6-19(17,18)7-10-4-2-3-9(5-14)11(10)13/h2-4,8H,6-7H2,1H3,(H,15,16). The van der Waals surface area contributed by atoms with Crippen molar-refractivity contribution < 1.29 is 22.7 Å². The zero-order valence-electron chi connectivity index (χ0n) is 10.1. The van der Waals surface area contributed by atoms with E-state index in [-0.39, 0.29) is 11.1 Å². The molecule has 0 bridgehead atoms. The molecule has 1 rings (SSSR count). The molecule has 102 valence electrons. The lowest BCUT2D eigenvalue weighted by Gasteiger charge is -2.09. The zero-order chi connectivity index (χ0) is 14.6. The molecule has 19 heavy (non-hydrogen) atoms. The third kappa shape index (κ3) is 4.03. The molecule has 7 heteroatoms. The smallest absolute Gasteiger partial charge is 0.307 e. The Kier molecular flexibility index (Phi) is 4.62. The van der Waals surface area contributed by atoms with Crippen LogP contribution in [0, 0.1) is 23.1 Å². The highest BCUT2D eigenvalue weighted by Gasteiger charge is 2.23. The normalized spacial score (nSPS) is 12.7. The van der Waals surface area contributed by atoms with Crippen LogP contribution in [-0.2, 0) is 20.4 Å². The van der Waals surface area contributed by atoms with Crippen molar-refractivity contribution in [3.63, 3.8) is 0 Å². The van der Waals surface area contributed by atoms with Crippen LogP contribution >= 0.6 is 0 Å². The van der Waals surface area contributed by atoms with E-state index in [0.717, 1.165) is 0 Å². The molecule has 1 unspecified atom stereocenters. The van der Waals surface area contributed by atoms with Gasteiger partial charge in [-0.3, -0.25) is 4.79 Å². The van der Waals surface area contributed by atoms with Gasteiger partial charge in [-0.1, -0.05) is 19.1 Å². The number of aliphatic carboxylic acids is 1. The second kappa shape index (κ2) is 5.80. The minimum absolute atomic E-state index is 0.128. The predicted octanol–water partition coefficient (Wildman–Crippen LogP) is 1.33. The Labute approximate surface area is 110 Å². The van der Waals surface area contributed by atoms with Gasteiger partial charge in [-0.2, -0.15) is 5.26 Å². The quantitative estimate of drug-likeness (QED) is 0.880. The van der Waals surface area contributed by atoms with E-state index in [1.807, 2.05) is 0 Å². The monoisotopic (exact) mass is 285 g/mol. The average Bonchev–Trinajstić information content (AvgIpc) is 2.30. The zero-order valence-corrected chi connectivity index (χ0v) is 10.9. The predicted molar refractivity (Wildman–Crippen MR) is 65.4 cm³/mol. The second-order valence-corrected chi connectivity index (χ2v) is 6.29. The fourth-order valence-electron chi connectivity index (χ4n) is 1.53. The Morgan fingerprint density at radius 1 is 1.53 bits per heavy atom. The van der Waals surface area contributed by atoms with Crippen molar-refractivity contribution in [1.29, 1.82) is 5.26 Å². The molecule has 0 saturated carbocycles. The van der Waals surface area contributed by atoms with Gasteiger partial charge in [0, 0.05) is 5.56 Å². The first kappa shape index (κ1) is 15.1. The summed E-state index contributed by atoms with van der Waals surface area (Å²) in [7, 11) is -3.76. The Morgan fingerprint density at radius 2 is 2.16 bits per heavy atom. The van der Waals surface area contributed by atoms with Crippen molar-refractivity contribution in [1.82, 2.24) is 0 Å². The summed E-state index contributed by atoms with van der Waals surface area (Å²) in [6.45, 7) is 1.27. The molecule has 0 saturated heterocycles. The minimum atomic E-state index is -3.76. The first-order valence-corrected chi connectivity index (χ1v) is 7.19. The largest absolute Gasteiger partial charge is 0.481 e. The summed E-state index contributed by atoms with van der Waals surface area (Å²) in [5, 5.41) is 17.3. The number of carbonyl (C=O) groups is 1. The van der Waals surface area contributed by atoms with E-state index >= 15 is 0 Å². The van der Waals surface area contributed by atoms with Gasteiger partial charge >= 0.3 is 5.97 Å². The van der Waals surface area contributed by atoms with E-state index in [1.54, 1.807) is 6.07 Å². The summed E-state index contributed by atoms with van der Waals surface area (Å²) < 4.78 is 37.2. The molecule has 1 atom stereocenters. The molecule has 0 spiro atoms. The molecule has 1 N–H and O–H groups in total. The lowest BCUT2D eigenvalue weighted by atomic mass is 10.1. The summed E-state index contributed by atoms with van der Waals surface area (Å²) in [4.78, 5) is 10.6. The molecule has 0 fully saturated rings. The Balaban J connectivity index is 2.97. The molecular formula is C12H12FNO4S. The van der Waals surface area contributed by atoms with E-state index in [2.05, 4.69) is 0 Å². The van der Waals surface area contributed by atoms with Crippen LogP contribution in [0.3, 0.4) is 0 Å². The van der Waals surface area contributed by atoms with E-state index in [1.165, 1.54) is 25.1 Å². The second-order valence-electron chi connectivity index (χ2n) is 4.18. The van der Waals surface area contributed by atoms with Crippen LogP contribution in [0.4, 0.5) is 4.39 Å². The van der Waals surface area contributed by atoms with Crippen molar-refractivity contribution in [3.05, 3.63) is 35.1 Å². The number of hydrogen-bond donors (Lipinski definition) is 1. The number of benzene rings is 1. The number of carboxylic acid groups (broad SMARTS) is 1. The van der Waals surface area contributed by atoms with Crippen molar-refractivity contribution in [2.45, 2.75) is 12.7 Å². The summed E-state index contributed by atoms with van der Waals surface area (Å²) in [5.41, 5.74) is -0.365. The first-order chi connectivity index (χ1) is 8.76. The highest BCUT2D eigenvalue weighted by Crippen LogP contribution is 2.16. The number of halogens is 1. The third-order valence-electron chi connectivity index (χ3n) is 2.50. The van der Waals surface area contributed by atoms with Gasteiger partial charge in [0.15, 0.2) is 9.84 Å². The van der Waals surface area contributed by atoms with Crippen LogP contribution < -0.4 is 0 Å². The molecule has 0 aliphatic heterocycles. The van der Waals surface area contributed by atoms with Gasteiger partial charge in [0.05, 0.1) is 23.0 Å². The van der Waals surface area contributed by atoms with E-state index < -0.39 is 39.0 Å². The van der Waals surface area contributed by atoms with Crippen LogP contribution in [0.1, 0.15) is 18.1 Å². The Morgan fingerprint density at radius 3 is 2.68 bits per heavy atom. The number of nitriles is 1. The molecule has 5 nitrogen and oxygen atoms in total. The SMILES string of the molecule is CC(CS(=O)(=O)Cc1cccc(C#N)c1F)C(=O)O. The third-order valence-corrected chi connectivity index (χ3v) is 4.26. The maximum Gasteiger partial charge on any atom is 0.307 e. The topological polar surface area (TPSA) is 95.2 Å². The number of rotatable bonds is 5.